The molecule has 1 amide bonds. The van der Waals surface area contributed by atoms with E-state index in [1.54, 1.807) is 0 Å². The highest BCUT2D eigenvalue weighted by Crippen LogP contribution is 2.30. The highest BCUT2D eigenvalue weighted by atomic mass is 32.2. The van der Waals surface area contributed by atoms with Gasteiger partial charge in [0.05, 0.1) is 29.8 Å². The molecule has 0 aliphatic heterocycles. The van der Waals surface area contributed by atoms with Crippen molar-refractivity contribution in [2.75, 3.05) is 30.5 Å². The number of alkyl halides is 3. The minimum atomic E-state index is -4.52. The molecule has 6 nitrogen and oxygen atoms in total. The summed E-state index contributed by atoms with van der Waals surface area (Å²) < 4.78 is 66.9. The van der Waals surface area contributed by atoms with Gasteiger partial charge in [-0.25, -0.2) is 8.42 Å². The summed E-state index contributed by atoms with van der Waals surface area (Å²) in [6.45, 7) is -0.342. The van der Waals surface area contributed by atoms with E-state index in [2.05, 4.69) is 10.6 Å². The number of amides is 1. The maximum atomic E-state index is 12.7. The topological polar surface area (TPSA) is 84.5 Å². The molecular weight excluding hydrogens is 385 g/mol. The van der Waals surface area contributed by atoms with Crippen molar-refractivity contribution in [2.24, 2.45) is 0 Å². The van der Waals surface area contributed by atoms with Crippen LogP contribution >= 0.6 is 0 Å². The first-order valence-electron chi connectivity index (χ1n) is 7.60. The molecule has 0 saturated carbocycles. The number of hydrogen-bond acceptors (Lipinski definition) is 5. The molecule has 0 aliphatic rings. The molecule has 2 aromatic carbocycles. The Morgan fingerprint density at radius 2 is 1.85 bits per heavy atom. The lowest BCUT2D eigenvalue weighted by atomic mass is 10.2. The van der Waals surface area contributed by atoms with E-state index in [0.29, 0.717) is 5.75 Å². The smallest absolute Gasteiger partial charge is 0.416 e. The third kappa shape index (κ3) is 5.61. The highest BCUT2D eigenvalue weighted by Gasteiger charge is 2.30. The number of halogens is 3. The number of anilines is 2. The molecule has 0 aromatic heterocycles. The van der Waals surface area contributed by atoms with E-state index in [1.807, 2.05) is 0 Å². The second-order valence-corrected chi connectivity index (χ2v) is 7.60. The van der Waals surface area contributed by atoms with Gasteiger partial charge < -0.3 is 15.4 Å². The normalized spacial score (nSPS) is 11.7. The predicted molar refractivity (Wildman–Crippen MR) is 94.7 cm³/mol. The minimum absolute atomic E-state index is 0.0188. The van der Waals surface area contributed by atoms with E-state index < -0.39 is 27.5 Å². The highest BCUT2D eigenvalue weighted by molar-refractivity contribution is 7.90. The number of hydrogen-bond donors (Lipinski definition) is 2. The maximum Gasteiger partial charge on any atom is 0.416 e. The SMILES string of the molecule is COc1ccc(NCC(=O)Nc2cccc(C(F)(F)F)c2)c(S(C)(=O)=O)c1. The van der Waals surface area contributed by atoms with Gasteiger partial charge >= 0.3 is 6.18 Å². The number of rotatable bonds is 6. The minimum Gasteiger partial charge on any atom is -0.497 e. The number of methoxy groups -OCH3 is 1. The molecular formula is C17H17F3N2O4S. The van der Waals surface area contributed by atoms with Crippen LogP contribution in [0.3, 0.4) is 0 Å². The van der Waals surface area contributed by atoms with Gasteiger partial charge in [-0.15, -0.1) is 0 Å². The first-order valence-corrected chi connectivity index (χ1v) is 9.49. The second kappa shape index (κ2) is 7.87. The Kier molecular flexibility index (Phi) is 5.99. The summed E-state index contributed by atoms with van der Waals surface area (Å²) in [6, 6.07) is 8.47. The van der Waals surface area contributed by atoms with Crippen molar-refractivity contribution >= 4 is 27.1 Å². The van der Waals surface area contributed by atoms with Crippen LogP contribution in [0.4, 0.5) is 24.5 Å². The van der Waals surface area contributed by atoms with Gasteiger partial charge in [0.2, 0.25) is 5.91 Å². The fraction of sp³-hybridized carbons (Fsp3) is 0.235. The van der Waals surface area contributed by atoms with E-state index in [-0.39, 0.29) is 22.8 Å². The number of ether oxygens (including phenoxy) is 1. The van der Waals surface area contributed by atoms with Crippen molar-refractivity contribution in [3.63, 3.8) is 0 Å². The second-order valence-electron chi connectivity index (χ2n) is 5.61. The molecule has 2 rings (SSSR count). The molecule has 0 radical (unpaired) electrons. The summed E-state index contributed by atoms with van der Waals surface area (Å²) >= 11 is 0. The number of sulfone groups is 1. The average Bonchev–Trinajstić information content (AvgIpc) is 2.58. The molecule has 146 valence electrons. The van der Waals surface area contributed by atoms with Crippen molar-refractivity contribution < 1.29 is 31.1 Å². The van der Waals surface area contributed by atoms with Crippen molar-refractivity contribution in [1.29, 1.82) is 0 Å². The van der Waals surface area contributed by atoms with Gasteiger partial charge in [-0.05, 0) is 30.3 Å². The van der Waals surface area contributed by atoms with E-state index in [4.69, 9.17) is 4.74 Å². The summed E-state index contributed by atoms with van der Waals surface area (Å²) in [5.41, 5.74) is -0.727. The third-order valence-corrected chi connectivity index (χ3v) is 4.64. The molecule has 0 spiro atoms. The van der Waals surface area contributed by atoms with E-state index in [0.717, 1.165) is 18.4 Å². The molecule has 2 aromatic rings. The zero-order valence-corrected chi connectivity index (χ0v) is 15.2. The zero-order valence-electron chi connectivity index (χ0n) is 14.4. The predicted octanol–water partition coefficient (Wildman–Crippen LogP) is 3.17. The lowest BCUT2D eigenvalue weighted by Crippen LogP contribution is -2.22. The number of benzene rings is 2. The Morgan fingerprint density at radius 1 is 1.15 bits per heavy atom. The van der Waals surface area contributed by atoms with Gasteiger partial charge in [-0.3, -0.25) is 4.79 Å². The van der Waals surface area contributed by atoms with Crippen molar-refractivity contribution in [2.45, 2.75) is 11.1 Å². The first-order chi connectivity index (χ1) is 12.5. The number of carbonyl (C=O) groups is 1. The molecule has 10 heteroatoms. The summed E-state index contributed by atoms with van der Waals surface area (Å²) in [7, 11) is -2.21. The van der Waals surface area contributed by atoms with Crippen LogP contribution < -0.4 is 15.4 Å². The van der Waals surface area contributed by atoms with Crippen molar-refractivity contribution in [3.8, 4) is 5.75 Å². The monoisotopic (exact) mass is 402 g/mol. The van der Waals surface area contributed by atoms with Crippen LogP contribution in [0.2, 0.25) is 0 Å². The molecule has 0 bridgehead atoms. The Morgan fingerprint density at radius 3 is 2.44 bits per heavy atom. The van der Waals surface area contributed by atoms with Gasteiger partial charge in [0.15, 0.2) is 9.84 Å². The van der Waals surface area contributed by atoms with Crippen LogP contribution in [-0.2, 0) is 20.8 Å². The quantitative estimate of drug-likeness (QED) is 0.775. The van der Waals surface area contributed by atoms with Gasteiger partial charge in [-0.2, -0.15) is 13.2 Å². The van der Waals surface area contributed by atoms with Crippen LogP contribution in [0.1, 0.15) is 5.56 Å². The Hall–Kier alpha value is -2.75. The van der Waals surface area contributed by atoms with Gasteiger partial charge in [0.25, 0.3) is 0 Å². The number of carbonyl (C=O) groups excluding carboxylic acids is 1. The Balaban J connectivity index is 2.11. The van der Waals surface area contributed by atoms with Crippen LogP contribution in [0.15, 0.2) is 47.4 Å². The zero-order chi connectivity index (χ0) is 20.2. The average molecular weight is 402 g/mol. The summed E-state index contributed by atoms with van der Waals surface area (Å²) in [6.07, 6.45) is -3.51. The summed E-state index contributed by atoms with van der Waals surface area (Å²) in [4.78, 5) is 11.9. The Bertz CT molecular complexity index is 943. The number of nitrogens with one attached hydrogen (secondary N) is 2. The molecule has 0 aliphatic carbocycles. The molecule has 2 N–H and O–H groups in total. The maximum absolute atomic E-state index is 12.7. The van der Waals surface area contributed by atoms with E-state index in [1.165, 1.54) is 37.4 Å². The van der Waals surface area contributed by atoms with E-state index in [9.17, 15) is 26.4 Å². The molecule has 0 unspecified atom stereocenters. The third-order valence-electron chi connectivity index (χ3n) is 3.50. The first kappa shape index (κ1) is 20.6. The molecule has 0 fully saturated rings. The lowest BCUT2D eigenvalue weighted by molar-refractivity contribution is -0.137. The fourth-order valence-electron chi connectivity index (χ4n) is 2.24. The van der Waals surface area contributed by atoms with Crippen molar-refractivity contribution in [1.82, 2.24) is 0 Å². The largest absolute Gasteiger partial charge is 0.497 e. The van der Waals surface area contributed by atoms with Crippen molar-refractivity contribution in [3.05, 3.63) is 48.0 Å². The standard InChI is InChI=1S/C17H17F3N2O4S/c1-26-13-6-7-14(15(9-13)27(2,24)25)21-10-16(23)22-12-5-3-4-11(8-12)17(18,19)20/h3-9,21H,10H2,1-2H3,(H,22,23). The van der Waals surface area contributed by atoms with Gasteiger partial charge in [0, 0.05) is 18.0 Å². The summed E-state index contributed by atoms with van der Waals surface area (Å²) in [5, 5.41) is 5.00. The molecule has 0 saturated heterocycles. The fourth-order valence-corrected chi connectivity index (χ4v) is 3.11. The Labute approximate surface area is 154 Å². The molecule has 27 heavy (non-hydrogen) atoms. The van der Waals surface area contributed by atoms with Crippen LogP contribution in [-0.4, -0.2) is 34.2 Å². The van der Waals surface area contributed by atoms with Crippen LogP contribution in [0.25, 0.3) is 0 Å². The summed E-state index contributed by atoms with van der Waals surface area (Å²) in [5.74, 6) is -0.306. The van der Waals surface area contributed by atoms with Crippen LogP contribution in [0.5, 0.6) is 5.75 Å². The lowest BCUT2D eigenvalue weighted by Gasteiger charge is -2.13. The van der Waals surface area contributed by atoms with Gasteiger partial charge in [-0.1, -0.05) is 6.07 Å². The van der Waals surface area contributed by atoms with Crippen LogP contribution in [0, 0.1) is 0 Å². The van der Waals surface area contributed by atoms with Gasteiger partial charge in [0.1, 0.15) is 5.75 Å². The molecule has 0 atom stereocenters. The van der Waals surface area contributed by atoms with E-state index >= 15 is 0 Å². The molecule has 0 heterocycles.